The third-order valence-electron chi connectivity index (χ3n) is 4.00. The molecule has 116 valence electrons. The van der Waals surface area contributed by atoms with Crippen LogP contribution in [-0.2, 0) is 16.0 Å². The van der Waals surface area contributed by atoms with Crippen molar-refractivity contribution in [1.29, 1.82) is 0 Å². The molecule has 1 aliphatic rings. The molecule has 2 heterocycles. The van der Waals surface area contributed by atoms with Crippen molar-refractivity contribution in [1.82, 2.24) is 10.1 Å². The highest BCUT2D eigenvalue weighted by atomic mass is 16.5. The van der Waals surface area contributed by atoms with E-state index in [0.717, 1.165) is 19.3 Å². The summed E-state index contributed by atoms with van der Waals surface area (Å²) in [6, 6.07) is -0.0993. The largest absolute Gasteiger partial charge is 0.469 e. The van der Waals surface area contributed by atoms with E-state index < -0.39 is 0 Å². The lowest BCUT2D eigenvalue weighted by molar-refractivity contribution is -0.142. The third kappa shape index (κ3) is 3.25. The number of hydrogen-bond acceptors (Lipinski definition) is 5. The molecule has 1 saturated heterocycles. The Morgan fingerprint density at radius 3 is 2.86 bits per heavy atom. The number of nitrogens with zero attached hydrogens (tertiary/aromatic N) is 2. The molecule has 1 aliphatic heterocycles. The summed E-state index contributed by atoms with van der Waals surface area (Å²) in [4.78, 5) is 26.1. The Hall–Kier alpha value is -1.85. The molecule has 21 heavy (non-hydrogen) atoms. The van der Waals surface area contributed by atoms with Crippen molar-refractivity contribution in [2.45, 2.75) is 52.0 Å². The number of methoxy groups -OCH3 is 1. The number of carbonyl (C=O) groups is 2. The number of hydrogen-bond donors (Lipinski definition) is 0. The Morgan fingerprint density at radius 1 is 1.43 bits per heavy atom. The van der Waals surface area contributed by atoms with E-state index in [-0.39, 0.29) is 24.3 Å². The van der Waals surface area contributed by atoms with E-state index in [1.165, 1.54) is 7.11 Å². The van der Waals surface area contributed by atoms with Gasteiger partial charge in [0.25, 0.3) is 5.91 Å². The average Bonchev–Trinajstić information content (AvgIpc) is 2.87. The third-order valence-corrected chi connectivity index (χ3v) is 4.00. The van der Waals surface area contributed by atoms with Crippen LogP contribution in [0.4, 0.5) is 0 Å². The normalized spacial score (nSPS) is 18.6. The van der Waals surface area contributed by atoms with Gasteiger partial charge in [0.05, 0.1) is 19.2 Å². The van der Waals surface area contributed by atoms with Crippen molar-refractivity contribution in [3.63, 3.8) is 0 Å². The Morgan fingerprint density at radius 2 is 2.19 bits per heavy atom. The molecular weight excluding hydrogens is 272 g/mol. The minimum absolute atomic E-state index is 0.0841. The maximum Gasteiger partial charge on any atom is 0.307 e. The molecule has 1 unspecified atom stereocenters. The Balaban J connectivity index is 2.22. The highest BCUT2D eigenvalue weighted by molar-refractivity contribution is 5.96. The van der Waals surface area contributed by atoms with Gasteiger partial charge in [-0.15, -0.1) is 0 Å². The molecule has 1 amide bonds. The van der Waals surface area contributed by atoms with E-state index in [4.69, 9.17) is 9.26 Å². The molecule has 2 rings (SSSR count). The first-order valence-corrected chi connectivity index (χ1v) is 7.41. The van der Waals surface area contributed by atoms with E-state index >= 15 is 0 Å². The van der Waals surface area contributed by atoms with Crippen LogP contribution in [0.15, 0.2) is 4.52 Å². The van der Waals surface area contributed by atoms with Crippen LogP contribution < -0.4 is 0 Å². The number of carbonyl (C=O) groups excluding carboxylic acids is 2. The number of amides is 1. The standard InChI is InChI=1S/C15H22N2O4/c1-4-12-14(10(2)21-16-12)15(19)17-8-6-5-7-11(17)9-13(18)20-3/h11H,4-9H2,1-3H3. The first-order valence-electron chi connectivity index (χ1n) is 7.41. The van der Waals surface area contributed by atoms with E-state index in [1.54, 1.807) is 11.8 Å². The van der Waals surface area contributed by atoms with E-state index in [2.05, 4.69) is 5.16 Å². The van der Waals surface area contributed by atoms with Gasteiger partial charge in [-0.2, -0.15) is 0 Å². The summed E-state index contributed by atoms with van der Waals surface area (Å²) < 4.78 is 9.88. The van der Waals surface area contributed by atoms with Crippen LogP contribution in [0.2, 0.25) is 0 Å². The number of aromatic nitrogens is 1. The lowest BCUT2D eigenvalue weighted by atomic mass is 9.97. The molecule has 6 heteroatoms. The molecule has 6 nitrogen and oxygen atoms in total. The minimum Gasteiger partial charge on any atom is -0.469 e. The van der Waals surface area contributed by atoms with Gasteiger partial charge in [-0.3, -0.25) is 9.59 Å². The smallest absolute Gasteiger partial charge is 0.307 e. The van der Waals surface area contributed by atoms with E-state index in [9.17, 15) is 9.59 Å². The van der Waals surface area contributed by atoms with Crippen molar-refractivity contribution in [3.05, 3.63) is 17.0 Å². The molecule has 0 radical (unpaired) electrons. The number of piperidine rings is 1. The zero-order chi connectivity index (χ0) is 15.4. The Bertz CT molecular complexity index is 524. The van der Waals surface area contributed by atoms with Crippen LogP contribution in [0.3, 0.4) is 0 Å². The zero-order valence-corrected chi connectivity index (χ0v) is 12.8. The van der Waals surface area contributed by atoms with Crippen LogP contribution in [0.25, 0.3) is 0 Å². The summed E-state index contributed by atoms with van der Waals surface area (Å²) >= 11 is 0. The fourth-order valence-corrected chi connectivity index (χ4v) is 2.83. The zero-order valence-electron chi connectivity index (χ0n) is 12.8. The summed E-state index contributed by atoms with van der Waals surface area (Å²) in [6.45, 7) is 4.35. The maximum atomic E-state index is 12.8. The summed E-state index contributed by atoms with van der Waals surface area (Å²) in [5.74, 6) is 0.177. The summed E-state index contributed by atoms with van der Waals surface area (Å²) in [6.07, 6.45) is 3.69. The number of esters is 1. The van der Waals surface area contributed by atoms with Crippen molar-refractivity contribution < 1.29 is 18.8 Å². The van der Waals surface area contributed by atoms with Crippen molar-refractivity contribution >= 4 is 11.9 Å². The molecule has 1 fully saturated rings. The molecule has 0 N–H and O–H groups in total. The second-order valence-electron chi connectivity index (χ2n) is 5.34. The van der Waals surface area contributed by atoms with E-state index in [1.807, 2.05) is 6.92 Å². The summed E-state index contributed by atoms with van der Waals surface area (Å²) in [5, 5.41) is 3.94. The van der Waals surface area contributed by atoms with Gasteiger partial charge < -0.3 is 14.2 Å². The van der Waals surface area contributed by atoms with Gasteiger partial charge in [-0.1, -0.05) is 12.1 Å². The molecule has 0 saturated carbocycles. The van der Waals surface area contributed by atoms with Crippen LogP contribution in [0.5, 0.6) is 0 Å². The van der Waals surface area contributed by atoms with Gasteiger partial charge in [0.1, 0.15) is 11.3 Å². The second-order valence-corrected chi connectivity index (χ2v) is 5.34. The predicted octanol–water partition coefficient (Wildman–Crippen LogP) is 2.10. The second kappa shape index (κ2) is 6.74. The van der Waals surface area contributed by atoms with E-state index in [0.29, 0.717) is 30.0 Å². The first kappa shape index (κ1) is 15.5. The quantitative estimate of drug-likeness (QED) is 0.795. The lowest BCUT2D eigenvalue weighted by Crippen LogP contribution is -2.45. The molecule has 0 spiro atoms. The predicted molar refractivity (Wildman–Crippen MR) is 75.9 cm³/mol. The highest BCUT2D eigenvalue weighted by Crippen LogP contribution is 2.25. The average molecular weight is 294 g/mol. The molecule has 1 atom stereocenters. The number of rotatable bonds is 4. The molecule has 0 aromatic carbocycles. The van der Waals surface area contributed by atoms with Gasteiger partial charge in [-0.25, -0.2) is 0 Å². The van der Waals surface area contributed by atoms with Crippen molar-refractivity contribution in [2.24, 2.45) is 0 Å². The number of likely N-dealkylation sites (tertiary alicyclic amines) is 1. The SMILES string of the molecule is CCc1noc(C)c1C(=O)N1CCCCC1CC(=O)OC. The fraction of sp³-hybridized carbons (Fsp3) is 0.667. The van der Waals surface area contributed by atoms with Gasteiger partial charge in [0.15, 0.2) is 0 Å². The number of ether oxygens (including phenoxy) is 1. The van der Waals surface area contributed by atoms with Crippen LogP contribution in [-0.4, -0.2) is 41.6 Å². The van der Waals surface area contributed by atoms with Crippen molar-refractivity contribution in [2.75, 3.05) is 13.7 Å². The summed E-state index contributed by atoms with van der Waals surface area (Å²) in [7, 11) is 1.37. The van der Waals surface area contributed by atoms with Gasteiger partial charge in [-0.05, 0) is 32.6 Å². The Labute approximate surface area is 124 Å². The monoisotopic (exact) mass is 294 g/mol. The van der Waals surface area contributed by atoms with Crippen LogP contribution in [0.1, 0.15) is 54.4 Å². The molecule has 0 bridgehead atoms. The highest BCUT2D eigenvalue weighted by Gasteiger charge is 2.32. The molecule has 1 aromatic rings. The van der Waals surface area contributed by atoms with Gasteiger partial charge in [0.2, 0.25) is 0 Å². The fourth-order valence-electron chi connectivity index (χ4n) is 2.83. The van der Waals surface area contributed by atoms with Crippen molar-refractivity contribution in [3.8, 4) is 0 Å². The minimum atomic E-state index is -0.280. The molecule has 0 aliphatic carbocycles. The summed E-state index contributed by atoms with van der Waals surface area (Å²) in [5.41, 5.74) is 1.23. The lowest BCUT2D eigenvalue weighted by Gasteiger charge is -2.35. The molecule has 1 aromatic heterocycles. The molecular formula is C15H22N2O4. The maximum absolute atomic E-state index is 12.8. The van der Waals surface area contributed by atoms with Gasteiger partial charge in [0, 0.05) is 12.6 Å². The van der Waals surface area contributed by atoms with Crippen LogP contribution >= 0.6 is 0 Å². The Kier molecular flexibility index (Phi) is 4.98. The van der Waals surface area contributed by atoms with Gasteiger partial charge >= 0.3 is 5.97 Å². The topological polar surface area (TPSA) is 72.6 Å². The first-order chi connectivity index (χ1) is 10.1. The van der Waals surface area contributed by atoms with Crippen LogP contribution in [0, 0.1) is 6.92 Å². The number of aryl methyl sites for hydroxylation is 2.